The molecular weight excluding hydrogens is 252 g/mol. The summed E-state index contributed by atoms with van der Waals surface area (Å²) in [6, 6.07) is 12.1. The Bertz CT molecular complexity index is 632. The van der Waals surface area contributed by atoms with Crippen molar-refractivity contribution in [3.8, 4) is 5.69 Å². The Hall–Kier alpha value is -2.33. The van der Waals surface area contributed by atoms with Crippen LogP contribution >= 0.6 is 0 Å². The highest BCUT2D eigenvalue weighted by atomic mass is 16.5. The first-order chi connectivity index (χ1) is 9.52. The van der Waals surface area contributed by atoms with Crippen LogP contribution < -0.4 is 5.48 Å². The molecule has 4 heteroatoms. The lowest BCUT2D eigenvalue weighted by atomic mass is 10.1. The van der Waals surface area contributed by atoms with Crippen LogP contribution in [0.4, 0.5) is 0 Å². The minimum atomic E-state index is -0.494. The van der Waals surface area contributed by atoms with Crippen molar-refractivity contribution in [1.82, 2.24) is 10.0 Å². The third-order valence-electron chi connectivity index (χ3n) is 3.27. The summed E-state index contributed by atoms with van der Waals surface area (Å²) in [6.45, 7) is 5.78. The van der Waals surface area contributed by atoms with Crippen molar-refractivity contribution in [3.05, 3.63) is 58.9 Å². The van der Waals surface area contributed by atoms with Gasteiger partial charge in [0.2, 0.25) is 0 Å². The van der Waals surface area contributed by atoms with Gasteiger partial charge in [0.1, 0.15) is 0 Å². The van der Waals surface area contributed by atoms with E-state index in [4.69, 9.17) is 5.21 Å². The number of nitrogens with zero attached hydrogens (tertiary/aromatic N) is 1. The Labute approximate surface area is 118 Å². The van der Waals surface area contributed by atoms with Gasteiger partial charge < -0.3 is 4.57 Å². The zero-order valence-electron chi connectivity index (χ0n) is 11.8. The van der Waals surface area contributed by atoms with E-state index in [1.807, 2.05) is 24.3 Å². The maximum atomic E-state index is 11.2. The van der Waals surface area contributed by atoms with Gasteiger partial charge in [0.25, 0.3) is 5.91 Å². The van der Waals surface area contributed by atoms with Gasteiger partial charge in [-0.3, -0.25) is 10.0 Å². The van der Waals surface area contributed by atoms with Gasteiger partial charge in [0.15, 0.2) is 0 Å². The predicted octanol–water partition coefficient (Wildman–Crippen LogP) is 3.00. The quantitative estimate of drug-likeness (QED) is 0.512. The van der Waals surface area contributed by atoms with Gasteiger partial charge in [-0.25, -0.2) is 5.48 Å². The van der Waals surface area contributed by atoms with Gasteiger partial charge in [-0.2, -0.15) is 0 Å². The number of hydroxylamine groups is 1. The van der Waals surface area contributed by atoms with Crippen LogP contribution in [-0.4, -0.2) is 15.7 Å². The third kappa shape index (κ3) is 2.81. The molecule has 1 amide bonds. The predicted molar refractivity (Wildman–Crippen MR) is 78.8 cm³/mol. The summed E-state index contributed by atoms with van der Waals surface area (Å²) in [5, 5.41) is 8.57. The van der Waals surface area contributed by atoms with Crippen LogP contribution in [-0.2, 0) is 4.79 Å². The van der Waals surface area contributed by atoms with Gasteiger partial charge in [-0.15, -0.1) is 0 Å². The third-order valence-corrected chi connectivity index (χ3v) is 3.27. The van der Waals surface area contributed by atoms with Crippen molar-refractivity contribution in [2.45, 2.75) is 20.8 Å². The molecule has 2 N–H and O–H groups in total. The molecule has 2 aromatic rings. The standard InChI is InChI=1S/C16H18N2O2/c1-11(16(19)17-20)10-14-6-8-15(9-7-14)18-12(2)4-5-13(18)3/h4-10,20H,1-3H3,(H,17,19). The molecule has 0 unspecified atom stereocenters. The number of rotatable bonds is 3. The normalized spacial score (nSPS) is 11.5. The molecule has 20 heavy (non-hydrogen) atoms. The maximum absolute atomic E-state index is 11.2. The highest BCUT2D eigenvalue weighted by Crippen LogP contribution is 2.17. The molecule has 1 aromatic carbocycles. The van der Waals surface area contributed by atoms with Crippen molar-refractivity contribution in [1.29, 1.82) is 0 Å². The SMILES string of the molecule is CC(=Cc1ccc(-n2c(C)ccc2C)cc1)C(=O)NO. The number of aryl methyl sites for hydroxylation is 2. The summed E-state index contributed by atoms with van der Waals surface area (Å²) in [4.78, 5) is 11.2. The molecule has 0 aliphatic heterocycles. The Morgan fingerprint density at radius 2 is 1.65 bits per heavy atom. The second-order valence-electron chi connectivity index (χ2n) is 4.81. The van der Waals surface area contributed by atoms with E-state index in [9.17, 15) is 4.79 Å². The molecule has 0 aliphatic rings. The first-order valence-electron chi connectivity index (χ1n) is 6.41. The smallest absolute Gasteiger partial charge is 0.270 e. The Balaban J connectivity index is 2.30. The van der Waals surface area contributed by atoms with E-state index in [1.54, 1.807) is 18.5 Å². The first-order valence-corrected chi connectivity index (χ1v) is 6.41. The molecule has 4 nitrogen and oxygen atoms in total. The van der Waals surface area contributed by atoms with Crippen LogP contribution in [0, 0.1) is 13.8 Å². The monoisotopic (exact) mass is 270 g/mol. The van der Waals surface area contributed by atoms with Gasteiger partial charge in [0.05, 0.1) is 0 Å². The zero-order chi connectivity index (χ0) is 14.7. The van der Waals surface area contributed by atoms with Crippen molar-refractivity contribution in [2.75, 3.05) is 0 Å². The number of hydrogen-bond donors (Lipinski definition) is 2. The van der Waals surface area contributed by atoms with Crippen LogP contribution in [0.2, 0.25) is 0 Å². The highest BCUT2D eigenvalue weighted by molar-refractivity contribution is 5.96. The van der Waals surface area contributed by atoms with Gasteiger partial charge in [-0.05, 0) is 56.7 Å². The highest BCUT2D eigenvalue weighted by Gasteiger charge is 2.04. The van der Waals surface area contributed by atoms with E-state index in [1.165, 1.54) is 11.4 Å². The lowest BCUT2D eigenvalue weighted by Crippen LogP contribution is -2.19. The lowest BCUT2D eigenvalue weighted by molar-refractivity contribution is -0.125. The van der Waals surface area contributed by atoms with Gasteiger partial charge in [0, 0.05) is 22.6 Å². The summed E-state index contributed by atoms with van der Waals surface area (Å²) < 4.78 is 2.17. The van der Waals surface area contributed by atoms with Crippen molar-refractivity contribution >= 4 is 12.0 Å². The second-order valence-corrected chi connectivity index (χ2v) is 4.81. The number of aromatic nitrogens is 1. The molecule has 0 bridgehead atoms. The summed E-state index contributed by atoms with van der Waals surface area (Å²) in [6.07, 6.45) is 1.73. The molecule has 0 saturated carbocycles. The second kappa shape index (κ2) is 5.75. The van der Waals surface area contributed by atoms with Crippen LogP contribution in [0.15, 0.2) is 42.0 Å². The number of carbonyl (C=O) groups excluding carboxylic acids is 1. The van der Waals surface area contributed by atoms with E-state index in [0.29, 0.717) is 5.57 Å². The summed E-state index contributed by atoms with van der Waals surface area (Å²) >= 11 is 0. The van der Waals surface area contributed by atoms with E-state index >= 15 is 0 Å². The average Bonchev–Trinajstić information content (AvgIpc) is 2.78. The van der Waals surface area contributed by atoms with E-state index < -0.39 is 5.91 Å². The van der Waals surface area contributed by atoms with Crippen LogP contribution in [0.1, 0.15) is 23.9 Å². The molecule has 0 fully saturated rings. The molecule has 0 aliphatic carbocycles. The van der Waals surface area contributed by atoms with Crippen molar-refractivity contribution < 1.29 is 10.0 Å². The fourth-order valence-electron chi connectivity index (χ4n) is 2.20. The Morgan fingerprint density at radius 3 is 2.15 bits per heavy atom. The maximum Gasteiger partial charge on any atom is 0.270 e. The lowest BCUT2D eigenvalue weighted by Gasteiger charge is -2.09. The Kier molecular flexibility index (Phi) is 4.05. The molecule has 2 rings (SSSR count). The molecule has 0 spiro atoms. The fraction of sp³-hybridized carbons (Fsp3) is 0.188. The summed E-state index contributed by atoms with van der Waals surface area (Å²) in [5.74, 6) is -0.494. The number of carbonyl (C=O) groups is 1. The zero-order valence-corrected chi connectivity index (χ0v) is 11.8. The van der Waals surface area contributed by atoms with Crippen molar-refractivity contribution in [3.63, 3.8) is 0 Å². The molecule has 0 atom stereocenters. The minimum absolute atomic E-state index is 0.452. The number of benzene rings is 1. The van der Waals surface area contributed by atoms with Gasteiger partial charge in [-0.1, -0.05) is 12.1 Å². The topological polar surface area (TPSA) is 54.3 Å². The molecular formula is C16H18N2O2. The molecule has 104 valence electrons. The average molecular weight is 270 g/mol. The fourth-order valence-corrected chi connectivity index (χ4v) is 2.20. The first kappa shape index (κ1) is 14.1. The number of nitrogens with one attached hydrogen (secondary N) is 1. The molecule has 1 aromatic heterocycles. The van der Waals surface area contributed by atoms with Crippen molar-refractivity contribution in [2.24, 2.45) is 0 Å². The Morgan fingerprint density at radius 1 is 1.10 bits per heavy atom. The van der Waals surface area contributed by atoms with Crippen LogP contribution in [0.5, 0.6) is 0 Å². The number of hydrogen-bond acceptors (Lipinski definition) is 2. The number of amides is 1. The van der Waals surface area contributed by atoms with Gasteiger partial charge >= 0.3 is 0 Å². The van der Waals surface area contributed by atoms with Crippen LogP contribution in [0.25, 0.3) is 11.8 Å². The minimum Gasteiger partial charge on any atom is -0.319 e. The van der Waals surface area contributed by atoms with E-state index in [-0.39, 0.29) is 0 Å². The van der Waals surface area contributed by atoms with E-state index in [2.05, 4.69) is 30.5 Å². The molecule has 1 heterocycles. The summed E-state index contributed by atoms with van der Waals surface area (Å²) in [7, 11) is 0. The van der Waals surface area contributed by atoms with E-state index in [0.717, 1.165) is 11.3 Å². The molecule has 0 saturated heterocycles. The molecule has 0 radical (unpaired) electrons. The van der Waals surface area contributed by atoms with Crippen LogP contribution in [0.3, 0.4) is 0 Å². The largest absolute Gasteiger partial charge is 0.319 e. The summed E-state index contributed by atoms with van der Waals surface area (Å²) in [5.41, 5.74) is 6.44.